The molecule has 0 saturated heterocycles. The fraction of sp³-hybridized carbons (Fsp3) is 0.371. The molecule has 0 saturated carbocycles. The van der Waals surface area contributed by atoms with Crippen LogP contribution in [0.2, 0.25) is 0 Å². The molecule has 2 unspecified atom stereocenters. The largest absolute Gasteiger partial charge is 0.481 e. The Morgan fingerprint density at radius 3 is 1.62 bits per heavy atom. The van der Waals surface area contributed by atoms with Crippen LogP contribution in [0, 0.1) is 13.8 Å². The lowest BCUT2D eigenvalue weighted by Crippen LogP contribution is -2.07. The molecule has 0 fully saturated rings. The number of ether oxygens (including phenoxy) is 1. The maximum atomic E-state index is 11.6. The molecule has 10 heteroatoms. The highest BCUT2D eigenvalue weighted by Gasteiger charge is 2.26. The number of rotatable bonds is 9. The van der Waals surface area contributed by atoms with Crippen molar-refractivity contribution in [1.82, 2.24) is 19.9 Å². The third-order valence-corrected chi connectivity index (χ3v) is 8.99. The first-order chi connectivity index (χ1) is 21.3. The molecule has 2 aliphatic heterocycles. The van der Waals surface area contributed by atoms with E-state index in [2.05, 4.69) is 9.97 Å². The molecule has 2 atom stereocenters. The predicted octanol–water partition coefficient (Wildman–Crippen LogP) is 6.24. The summed E-state index contributed by atoms with van der Waals surface area (Å²) in [7, 11) is 1.65. The zero-order valence-corrected chi connectivity index (χ0v) is 26.8. The van der Waals surface area contributed by atoms with Gasteiger partial charge < -0.3 is 30.0 Å². The van der Waals surface area contributed by atoms with Crippen LogP contribution in [-0.2, 0) is 27.2 Å². The van der Waals surface area contributed by atoms with E-state index in [1.54, 1.807) is 14.0 Å². The van der Waals surface area contributed by atoms with Gasteiger partial charge >= 0.3 is 11.9 Å². The van der Waals surface area contributed by atoms with Gasteiger partial charge in [-0.15, -0.1) is 0 Å². The van der Waals surface area contributed by atoms with Gasteiger partial charge in [-0.25, -0.2) is 9.97 Å². The predicted molar refractivity (Wildman–Crippen MR) is 176 cm³/mol. The Balaban J connectivity index is 1.96. The van der Waals surface area contributed by atoms with Crippen LogP contribution in [0.25, 0.3) is 44.4 Å². The Labute approximate surface area is 261 Å². The van der Waals surface area contributed by atoms with Crippen molar-refractivity contribution in [2.24, 2.45) is 0 Å². The van der Waals surface area contributed by atoms with Crippen LogP contribution in [0.15, 0.2) is 24.3 Å². The van der Waals surface area contributed by atoms with E-state index < -0.39 is 18.0 Å². The van der Waals surface area contributed by atoms with E-state index >= 15 is 0 Å². The first-order valence-electron chi connectivity index (χ1n) is 15.1. The molecule has 0 amide bonds. The van der Waals surface area contributed by atoms with Gasteiger partial charge in [-0.05, 0) is 112 Å². The fourth-order valence-electron chi connectivity index (χ4n) is 6.42. The van der Waals surface area contributed by atoms with Gasteiger partial charge in [0.1, 0.15) is 0 Å². The number of aromatic nitrogens is 4. The summed E-state index contributed by atoms with van der Waals surface area (Å²) in [6, 6.07) is 7.74. The highest BCUT2D eigenvalue weighted by Crippen LogP contribution is 2.37. The number of H-pyrrole nitrogens is 2. The summed E-state index contributed by atoms with van der Waals surface area (Å²) in [6.45, 7) is 11.5. The quantitative estimate of drug-likeness (QED) is 0.190. The number of carbonyl (C=O) groups is 2. The lowest BCUT2D eigenvalue weighted by Gasteiger charge is -2.12. The van der Waals surface area contributed by atoms with Crippen LogP contribution in [0.1, 0.15) is 85.6 Å². The molecule has 5 rings (SSSR count). The topological polar surface area (TPSA) is 161 Å². The van der Waals surface area contributed by atoms with Crippen LogP contribution < -0.4 is 0 Å². The lowest BCUT2D eigenvalue weighted by molar-refractivity contribution is -0.138. The normalized spacial score (nSPS) is 14.7. The fourth-order valence-corrected chi connectivity index (χ4v) is 6.42. The summed E-state index contributed by atoms with van der Waals surface area (Å²) in [4.78, 5) is 40.2. The summed E-state index contributed by atoms with van der Waals surface area (Å²) in [5.74, 6) is -1.79. The lowest BCUT2D eigenvalue weighted by atomic mass is 9.99. The zero-order valence-electron chi connectivity index (χ0n) is 26.8. The van der Waals surface area contributed by atoms with Crippen molar-refractivity contribution >= 4 is 56.3 Å². The molecule has 45 heavy (non-hydrogen) atoms. The van der Waals surface area contributed by atoms with Crippen LogP contribution in [0.5, 0.6) is 0 Å². The first kappa shape index (κ1) is 31.9. The van der Waals surface area contributed by atoms with E-state index in [0.29, 0.717) is 24.2 Å². The van der Waals surface area contributed by atoms with E-state index in [0.717, 1.165) is 78.0 Å². The van der Waals surface area contributed by atoms with Crippen LogP contribution in [0.4, 0.5) is 0 Å². The van der Waals surface area contributed by atoms with Gasteiger partial charge in [-0.2, -0.15) is 0 Å². The van der Waals surface area contributed by atoms with Gasteiger partial charge in [0.05, 0.1) is 35.0 Å². The number of aryl methyl sites for hydroxylation is 4. The Morgan fingerprint density at radius 2 is 1.16 bits per heavy atom. The molecule has 5 N–H and O–H groups in total. The third kappa shape index (κ3) is 6.08. The number of carboxylic acids is 2. The average molecular weight is 613 g/mol. The van der Waals surface area contributed by atoms with E-state index in [1.807, 2.05) is 58.9 Å². The number of hydrogen-bond donors (Lipinski definition) is 5. The van der Waals surface area contributed by atoms with Crippen molar-refractivity contribution in [3.8, 4) is 0 Å². The highest BCUT2D eigenvalue weighted by atomic mass is 16.5. The minimum atomic E-state index is -0.895. The minimum Gasteiger partial charge on any atom is -0.481 e. The zero-order chi connectivity index (χ0) is 32.7. The molecular formula is C35H40N4O6. The summed E-state index contributed by atoms with van der Waals surface area (Å²) >= 11 is 0. The molecule has 3 aromatic rings. The van der Waals surface area contributed by atoms with Crippen LogP contribution in [0.3, 0.4) is 0 Å². The summed E-state index contributed by atoms with van der Waals surface area (Å²) < 4.78 is 5.75. The molecule has 8 bridgehead atoms. The summed E-state index contributed by atoms with van der Waals surface area (Å²) in [5.41, 5.74) is 12.8. The van der Waals surface area contributed by atoms with Gasteiger partial charge in [0.2, 0.25) is 0 Å². The highest BCUT2D eigenvalue weighted by molar-refractivity contribution is 5.97. The molecule has 3 aromatic heterocycles. The maximum Gasteiger partial charge on any atom is 0.303 e. The number of aromatic amines is 2. The molecule has 2 aliphatic rings. The number of methoxy groups -OCH3 is 1. The number of fused-ring (bicyclic) bond motifs is 8. The number of carboxylic acid groups (broad SMARTS) is 2. The van der Waals surface area contributed by atoms with Gasteiger partial charge in [-0.1, -0.05) is 0 Å². The van der Waals surface area contributed by atoms with E-state index in [9.17, 15) is 24.9 Å². The van der Waals surface area contributed by atoms with E-state index in [-0.39, 0.29) is 18.9 Å². The number of nitrogens with one attached hydrogen (secondary N) is 2. The Bertz CT molecular complexity index is 1940. The van der Waals surface area contributed by atoms with Crippen molar-refractivity contribution in [2.45, 2.75) is 79.4 Å². The van der Waals surface area contributed by atoms with Crippen molar-refractivity contribution in [3.63, 3.8) is 0 Å². The average Bonchev–Trinajstić information content (AvgIpc) is 3.63. The van der Waals surface area contributed by atoms with Crippen molar-refractivity contribution in [3.05, 3.63) is 69.3 Å². The molecule has 236 valence electrons. The first-order valence-corrected chi connectivity index (χ1v) is 15.1. The Morgan fingerprint density at radius 1 is 0.711 bits per heavy atom. The van der Waals surface area contributed by atoms with E-state index in [4.69, 9.17) is 14.7 Å². The Hall–Kier alpha value is -4.54. The second kappa shape index (κ2) is 12.5. The number of allylic oxidation sites excluding steroid dienone is 2. The van der Waals surface area contributed by atoms with Gasteiger partial charge in [0.25, 0.3) is 0 Å². The number of aliphatic hydroxyl groups excluding tert-OH is 1. The van der Waals surface area contributed by atoms with Gasteiger partial charge in [0.15, 0.2) is 0 Å². The molecule has 0 aliphatic carbocycles. The van der Waals surface area contributed by atoms with Crippen LogP contribution in [-0.4, -0.2) is 66.5 Å². The minimum absolute atomic E-state index is 0.0396. The molecule has 5 heterocycles. The second-order valence-electron chi connectivity index (χ2n) is 11.9. The third-order valence-electron chi connectivity index (χ3n) is 8.99. The number of aliphatic carboxylic acids is 2. The van der Waals surface area contributed by atoms with Crippen molar-refractivity contribution < 1.29 is 29.6 Å². The standard InChI is InChI=1S/C35H40N4O6/c1-16-22(8-10-32(41)42)28-15-29-23(9-11-33(43)44)17(2)25(37-29)13-31-35(21(6)45-7)19(4)27(39-31)14-30-34(20(5)40)18(3)26(38-30)12-24(16)36-28/h12-15,20-21,36-37,40H,8-11H2,1-7H3,(H,41,42)(H,43,44). The SMILES string of the molecule is COC(C)C1=C(C)c2cc3nc(cc4[nH]c(cc5[nH]c(cc1n2)c(C)c5CCC(=O)O)c(CCC(=O)O)c4C)C(C)=C3C(C)O. The van der Waals surface area contributed by atoms with Crippen molar-refractivity contribution in [1.29, 1.82) is 0 Å². The smallest absolute Gasteiger partial charge is 0.303 e. The second-order valence-corrected chi connectivity index (χ2v) is 11.9. The molecule has 0 spiro atoms. The van der Waals surface area contributed by atoms with Gasteiger partial charge in [-0.3, -0.25) is 9.59 Å². The monoisotopic (exact) mass is 612 g/mol. The van der Waals surface area contributed by atoms with Crippen LogP contribution >= 0.6 is 0 Å². The van der Waals surface area contributed by atoms with Crippen molar-refractivity contribution in [2.75, 3.05) is 7.11 Å². The molecule has 0 aromatic carbocycles. The molecule has 0 radical (unpaired) electrons. The van der Waals surface area contributed by atoms with E-state index in [1.165, 1.54) is 0 Å². The Kier molecular flexibility index (Phi) is 8.82. The molecular weight excluding hydrogens is 572 g/mol. The number of hydrogen-bond acceptors (Lipinski definition) is 6. The summed E-state index contributed by atoms with van der Waals surface area (Å²) in [5, 5.41) is 29.8. The molecule has 10 nitrogen and oxygen atoms in total. The maximum absolute atomic E-state index is 11.6. The summed E-state index contributed by atoms with van der Waals surface area (Å²) in [6.07, 6.45) is -0.486. The van der Waals surface area contributed by atoms with Gasteiger partial charge in [0, 0.05) is 53.2 Å². The number of nitrogens with zero attached hydrogens (tertiary/aromatic N) is 2. The number of aliphatic hydroxyl groups is 1.